The molecular formula is C31H33N3O7S. The van der Waals surface area contributed by atoms with Crippen molar-refractivity contribution in [1.82, 2.24) is 4.90 Å². The standard InChI is InChI=1S/C31H33N3O7S/c1-5-41-24-13-11-23(12-14-24)34-29(36)25(19-28(35)32-22-9-7-21(8-10-22)30(37)40-4)33(31(34)42)17-16-20-6-15-26(38-2)27(18-20)39-3/h6-15,18,25H,5,16-17,19H2,1-4H3,(H,32,35)/t25-/m1/s1. The topological polar surface area (TPSA) is 107 Å². The van der Waals surface area contributed by atoms with Crippen molar-refractivity contribution in [1.29, 1.82) is 0 Å². The molecule has 42 heavy (non-hydrogen) atoms. The van der Waals surface area contributed by atoms with Crippen molar-refractivity contribution >= 4 is 46.5 Å². The molecule has 0 saturated carbocycles. The van der Waals surface area contributed by atoms with Gasteiger partial charge in [-0.05, 0) is 91.8 Å². The molecule has 0 spiro atoms. The minimum atomic E-state index is -0.821. The lowest BCUT2D eigenvalue weighted by molar-refractivity contribution is -0.124. The molecule has 1 fully saturated rings. The Kier molecular flexibility index (Phi) is 9.98. The molecule has 1 atom stereocenters. The molecule has 1 saturated heterocycles. The molecule has 3 aromatic carbocycles. The molecule has 2 amide bonds. The summed E-state index contributed by atoms with van der Waals surface area (Å²) in [5.41, 5.74) is 2.39. The number of carbonyl (C=O) groups is 3. The molecule has 1 N–H and O–H groups in total. The Morgan fingerprint density at radius 2 is 1.62 bits per heavy atom. The van der Waals surface area contributed by atoms with E-state index in [1.54, 1.807) is 67.7 Å². The number of methoxy groups -OCH3 is 3. The summed E-state index contributed by atoms with van der Waals surface area (Å²) in [5, 5.41) is 3.12. The van der Waals surface area contributed by atoms with Gasteiger partial charge in [-0.2, -0.15) is 0 Å². The summed E-state index contributed by atoms with van der Waals surface area (Å²) in [6.45, 7) is 2.80. The molecule has 0 unspecified atom stereocenters. The number of hydrogen-bond acceptors (Lipinski definition) is 8. The zero-order chi connectivity index (χ0) is 30.2. The molecule has 4 rings (SSSR count). The summed E-state index contributed by atoms with van der Waals surface area (Å²) in [5.74, 6) is 0.749. The van der Waals surface area contributed by atoms with E-state index in [4.69, 9.17) is 31.2 Å². The third kappa shape index (κ3) is 6.80. The highest BCUT2D eigenvalue weighted by Gasteiger charge is 2.44. The predicted octanol–water partition coefficient (Wildman–Crippen LogP) is 4.46. The summed E-state index contributed by atoms with van der Waals surface area (Å²) in [6.07, 6.45) is 0.412. The molecule has 1 heterocycles. The van der Waals surface area contributed by atoms with Gasteiger partial charge in [0, 0.05) is 12.2 Å². The molecule has 0 bridgehead atoms. The predicted molar refractivity (Wildman–Crippen MR) is 162 cm³/mol. The molecule has 220 valence electrons. The number of carbonyl (C=O) groups excluding carboxylic acids is 3. The van der Waals surface area contributed by atoms with Crippen LogP contribution in [0.1, 0.15) is 29.3 Å². The zero-order valence-electron chi connectivity index (χ0n) is 23.9. The van der Waals surface area contributed by atoms with Crippen molar-refractivity contribution in [2.24, 2.45) is 0 Å². The average Bonchev–Trinajstić information content (AvgIpc) is 3.23. The number of benzene rings is 3. The summed E-state index contributed by atoms with van der Waals surface area (Å²) in [7, 11) is 4.45. The third-order valence-corrected chi connectivity index (χ3v) is 7.20. The van der Waals surface area contributed by atoms with Crippen LogP contribution in [0, 0.1) is 0 Å². The van der Waals surface area contributed by atoms with Crippen LogP contribution in [0.25, 0.3) is 0 Å². The zero-order valence-corrected chi connectivity index (χ0v) is 24.7. The molecule has 1 aliphatic heterocycles. The number of ether oxygens (including phenoxy) is 4. The number of rotatable bonds is 12. The minimum absolute atomic E-state index is 0.128. The number of hydrogen-bond donors (Lipinski definition) is 1. The fourth-order valence-corrected chi connectivity index (χ4v) is 5.08. The van der Waals surface area contributed by atoms with E-state index < -0.39 is 12.0 Å². The molecule has 3 aromatic rings. The summed E-state index contributed by atoms with van der Waals surface area (Å²) < 4.78 is 21.0. The maximum atomic E-state index is 13.8. The Balaban J connectivity index is 1.55. The van der Waals surface area contributed by atoms with Crippen molar-refractivity contribution in [2.45, 2.75) is 25.8 Å². The first-order valence-electron chi connectivity index (χ1n) is 13.4. The lowest BCUT2D eigenvalue weighted by Gasteiger charge is -2.24. The summed E-state index contributed by atoms with van der Waals surface area (Å²) in [4.78, 5) is 41.9. The number of anilines is 2. The number of esters is 1. The van der Waals surface area contributed by atoms with Crippen LogP contribution in [-0.2, 0) is 20.7 Å². The SMILES string of the molecule is CCOc1ccc(N2C(=O)[C@@H](CC(=O)Nc3ccc(C(=O)OC)cc3)N(CCc3ccc(OC)c(OC)c3)C2=S)cc1. The second kappa shape index (κ2) is 13.8. The van der Waals surface area contributed by atoms with Gasteiger partial charge in [0.05, 0.1) is 45.6 Å². The number of amides is 2. The second-order valence-corrected chi connectivity index (χ2v) is 9.72. The normalized spacial score (nSPS) is 14.5. The van der Waals surface area contributed by atoms with Crippen LogP contribution < -0.4 is 24.4 Å². The third-order valence-electron chi connectivity index (χ3n) is 6.78. The smallest absolute Gasteiger partial charge is 0.337 e. The Hall–Kier alpha value is -4.64. The molecular weight excluding hydrogens is 558 g/mol. The van der Waals surface area contributed by atoms with E-state index in [1.807, 2.05) is 25.1 Å². The van der Waals surface area contributed by atoms with Gasteiger partial charge in [-0.1, -0.05) is 6.07 Å². The van der Waals surface area contributed by atoms with Gasteiger partial charge in [0.25, 0.3) is 5.91 Å². The highest BCUT2D eigenvalue weighted by atomic mass is 32.1. The Labute approximate surface area is 250 Å². The van der Waals surface area contributed by atoms with Crippen molar-refractivity contribution in [2.75, 3.05) is 44.7 Å². The van der Waals surface area contributed by atoms with Gasteiger partial charge < -0.3 is 29.2 Å². The van der Waals surface area contributed by atoms with E-state index in [2.05, 4.69) is 5.32 Å². The Morgan fingerprint density at radius 3 is 2.24 bits per heavy atom. The maximum absolute atomic E-state index is 13.8. The molecule has 0 aliphatic carbocycles. The first-order valence-corrected chi connectivity index (χ1v) is 13.8. The lowest BCUT2D eigenvalue weighted by atomic mass is 10.1. The minimum Gasteiger partial charge on any atom is -0.494 e. The highest BCUT2D eigenvalue weighted by molar-refractivity contribution is 7.80. The molecule has 0 radical (unpaired) electrons. The summed E-state index contributed by atoms with van der Waals surface area (Å²) in [6, 6.07) is 18.2. The van der Waals surface area contributed by atoms with Crippen molar-refractivity contribution in [3.05, 3.63) is 77.9 Å². The first kappa shape index (κ1) is 30.3. The molecule has 11 heteroatoms. The fraction of sp³-hybridized carbons (Fsp3) is 0.290. The number of nitrogens with one attached hydrogen (secondary N) is 1. The van der Waals surface area contributed by atoms with E-state index in [0.29, 0.717) is 58.9 Å². The van der Waals surface area contributed by atoms with E-state index in [1.165, 1.54) is 12.0 Å². The van der Waals surface area contributed by atoms with Crippen LogP contribution in [0.5, 0.6) is 17.2 Å². The van der Waals surface area contributed by atoms with E-state index in [-0.39, 0.29) is 18.2 Å². The highest BCUT2D eigenvalue weighted by Crippen LogP contribution is 2.31. The van der Waals surface area contributed by atoms with Crippen molar-refractivity contribution in [3.63, 3.8) is 0 Å². The largest absolute Gasteiger partial charge is 0.494 e. The van der Waals surface area contributed by atoms with Crippen LogP contribution in [0.2, 0.25) is 0 Å². The van der Waals surface area contributed by atoms with Gasteiger partial charge in [-0.3, -0.25) is 14.5 Å². The Morgan fingerprint density at radius 1 is 0.929 bits per heavy atom. The van der Waals surface area contributed by atoms with Crippen LogP contribution in [0.15, 0.2) is 66.7 Å². The van der Waals surface area contributed by atoms with Crippen molar-refractivity contribution < 1.29 is 33.3 Å². The van der Waals surface area contributed by atoms with Crippen LogP contribution in [-0.4, -0.2) is 68.3 Å². The van der Waals surface area contributed by atoms with Gasteiger partial charge in [0.2, 0.25) is 5.91 Å². The van der Waals surface area contributed by atoms with Crippen LogP contribution in [0.3, 0.4) is 0 Å². The first-order chi connectivity index (χ1) is 20.3. The van der Waals surface area contributed by atoms with E-state index in [9.17, 15) is 14.4 Å². The number of nitrogens with zero attached hydrogens (tertiary/aromatic N) is 2. The Bertz CT molecular complexity index is 1440. The van der Waals surface area contributed by atoms with Gasteiger partial charge in [-0.15, -0.1) is 0 Å². The lowest BCUT2D eigenvalue weighted by Crippen LogP contribution is -2.39. The second-order valence-electron chi connectivity index (χ2n) is 9.35. The van der Waals surface area contributed by atoms with Crippen LogP contribution >= 0.6 is 12.2 Å². The van der Waals surface area contributed by atoms with Crippen LogP contribution in [0.4, 0.5) is 11.4 Å². The maximum Gasteiger partial charge on any atom is 0.337 e. The molecule has 0 aromatic heterocycles. The van der Waals surface area contributed by atoms with Gasteiger partial charge in [0.1, 0.15) is 11.8 Å². The van der Waals surface area contributed by atoms with Gasteiger partial charge >= 0.3 is 5.97 Å². The van der Waals surface area contributed by atoms with Crippen molar-refractivity contribution in [3.8, 4) is 17.2 Å². The van der Waals surface area contributed by atoms with Gasteiger partial charge in [0.15, 0.2) is 16.6 Å². The number of thiocarbonyl (C=S) groups is 1. The summed E-state index contributed by atoms with van der Waals surface area (Å²) >= 11 is 5.80. The molecule has 1 aliphatic rings. The quantitative estimate of drug-likeness (QED) is 0.241. The average molecular weight is 592 g/mol. The monoisotopic (exact) mass is 591 g/mol. The van der Waals surface area contributed by atoms with Gasteiger partial charge in [-0.25, -0.2) is 4.79 Å². The fourth-order valence-electron chi connectivity index (χ4n) is 4.66. The molecule has 10 nitrogen and oxygen atoms in total. The van der Waals surface area contributed by atoms with E-state index >= 15 is 0 Å². The van der Waals surface area contributed by atoms with E-state index in [0.717, 1.165) is 5.56 Å².